The molecule has 1 fully saturated rings. The number of hydrogen-bond donors (Lipinski definition) is 0. The molecule has 1 nitrogen and oxygen atoms in total. The molecule has 0 N–H and O–H groups in total. The van der Waals surface area contributed by atoms with Crippen LogP contribution in [0.1, 0.15) is 26.7 Å². The summed E-state index contributed by atoms with van der Waals surface area (Å²) in [6, 6.07) is 0. The molecule has 0 aromatic rings. The Kier molecular flexibility index (Phi) is 2.29. The standard InChI is InChI=1S/C6H8O.C2H6/c1-2-4-6-5(3-1)7-6;1-2/h1,3,5-6H,2,4H2;1-2H3. The molecule has 2 unspecified atom stereocenters. The number of hydrogen-bond acceptors (Lipinski definition) is 1. The second kappa shape index (κ2) is 3.02. The Morgan fingerprint density at radius 3 is 2.67 bits per heavy atom. The van der Waals surface area contributed by atoms with Gasteiger partial charge in [-0.15, -0.1) is 0 Å². The number of rotatable bonds is 0. The highest BCUT2D eigenvalue weighted by Gasteiger charge is 2.37. The SMILES string of the molecule is C1=CC2OC2CC1.CC. The summed E-state index contributed by atoms with van der Waals surface area (Å²) in [5.74, 6) is 0. The van der Waals surface area contributed by atoms with Crippen molar-refractivity contribution in [2.45, 2.75) is 38.9 Å². The fraction of sp³-hybridized carbons (Fsp3) is 0.750. The van der Waals surface area contributed by atoms with Gasteiger partial charge in [0.05, 0.1) is 6.10 Å². The van der Waals surface area contributed by atoms with Gasteiger partial charge in [0.25, 0.3) is 0 Å². The molecule has 9 heavy (non-hydrogen) atoms. The Balaban J connectivity index is 0.000000186. The normalized spacial score (nSPS) is 36.2. The molecule has 2 rings (SSSR count). The summed E-state index contributed by atoms with van der Waals surface area (Å²) in [5.41, 5.74) is 0. The zero-order chi connectivity index (χ0) is 6.69. The van der Waals surface area contributed by atoms with Gasteiger partial charge < -0.3 is 4.74 Å². The van der Waals surface area contributed by atoms with Crippen molar-refractivity contribution in [1.29, 1.82) is 0 Å². The molecule has 0 amide bonds. The van der Waals surface area contributed by atoms with E-state index in [1.54, 1.807) is 0 Å². The van der Waals surface area contributed by atoms with Crippen molar-refractivity contribution in [3.63, 3.8) is 0 Å². The van der Waals surface area contributed by atoms with Crippen LogP contribution in [0.2, 0.25) is 0 Å². The molecule has 1 aliphatic carbocycles. The zero-order valence-corrected chi connectivity index (χ0v) is 6.13. The summed E-state index contributed by atoms with van der Waals surface area (Å²) >= 11 is 0. The second-order valence-corrected chi connectivity index (χ2v) is 2.14. The molecule has 0 radical (unpaired) electrons. The Morgan fingerprint density at radius 1 is 1.44 bits per heavy atom. The minimum Gasteiger partial charge on any atom is -0.365 e. The van der Waals surface area contributed by atoms with Crippen LogP contribution < -0.4 is 0 Å². The average molecular weight is 126 g/mol. The maximum Gasteiger partial charge on any atom is 0.102 e. The minimum atomic E-state index is 0.522. The van der Waals surface area contributed by atoms with Crippen molar-refractivity contribution in [1.82, 2.24) is 0 Å². The molecule has 0 aromatic heterocycles. The van der Waals surface area contributed by atoms with Crippen molar-refractivity contribution in [3.05, 3.63) is 12.2 Å². The molecule has 2 atom stereocenters. The van der Waals surface area contributed by atoms with Crippen LogP contribution in [0.4, 0.5) is 0 Å². The molecule has 0 aromatic carbocycles. The van der Waals surface area contributed by atoms with Gasteiger partial charge in [-0.05, 0) is 12.8 Å². The van der Waals surface area contributed by atoms with Crippen LogP contribution in [0, 0.1) is 0 Å². The molecule has 1 saturated heterocycles. The molecular weight excluding hydrogens is 112 g/mol. The van der Waals surface area contributed by atoms with Gasteiger partial charge in [0, 0.05) is 0 Å². The molecule has 1 heterocycles. The number of ether oxygens (including phenoxy) is 1. The highest BCUT2D eigenvalue weighted by molar-refractivity contribution is 5.07. The van der Waals surface area contributed by atoms with Crippen LogP contribution in [-0.4, -0.2) is 12.2 Å². The first-order chi connectivity index (χ1) is 4.47. The fourth-order valence-electron chi connectivity index (χ4n) is 1.05. The smallest absolute Gasteiger partial charge is 0.102 e. The molecular formula is C8H14O. The van der Waals surface area contributed by atoms with E-state index in [1.165, 1.54) is 12.8 Å². The topological polar surface area (TPSA) is 12.5 Å². The summed E-state index contributed by atoms with van der Waals surface area (Å²) in [4.78, 5) is 0. The number of allylic oxidation sites excluding steroid dienone is 1. The first-order valence-corrected chi connectivity index (χ1v) is 3.79. The van der Waals surface area contributed by atoms with Gasteiger partial charge in [0.15, 0.2) is 0 Å². The lowest BCUT2D eigenvalue weighted by Gasteiger charge is -1.91. The Morgan fingerprint density at radius 2 is 2.22 bits per heavy atom. The van der Waals surface area contributed by atoms with Gasteiger partial charge >= 0.3 is 0 Å². The summed E-state index contributed by atoms with van der Waals surface area (Å²) in [6.45, 7) is 4.00. The predicted molar refractivity (Wildman–Crippen MR) is 38.4 cm³/mol. The first kappa shape index (κ1) is 6.81. The quantitative estimate of drug-likeness (QED) is 0.358. The molecule has 0 bridgehead atoms. The predicted octanol–water partition coefficient (Wildman–Crippen LogP) is 2.13. The highest BCUT2D eigenvalue weighted by atomic mass is 16.6. The van der Waals surface area contributed by atoms with Crippen LogP contribution >= 0.6 is 0 Å². The Labute approximate surface area is 56.7 Å². The third kappa shape index (κ3) is 1.55. The van der Waals surface area contributed by atoms with E-state index >= 15 is 0 Å². The lowest BCUT2D eigenvalue weighted by atomic mass is 10.1. The maximum atomic E-state index is 5.19. The average Bonchev–Trinajstić information content (AvgIpc) is 2.69. The monoisotopic (exact) mass is 126 g/mol. The van der Waals surface area contributed by atoms with E-state index in [2.05, 4.69) is 12.2 Å². The van der Waals surface area contributed by atoms with E-state index in [0.29, 0.717) is 12.2 Å². The zero-order valence-electron chi connectivity index (χ0n) is 6.13. The first-order valence-electron chi connectivity index (χ1n) is 3.79. The molecule has 1 heteroatoms. The summed E-state index contributed by atoms with van der Waals surface area (Å²) in [5, 5.41) is 0. The second-order valence-electron chi connectivity index (χ2n) is 2.14. The van der Waals surface area contributed by atoms with Gasteiger partial charge in [0.1, 0.15) is 6.10 Å². The van der Waals surface area contributed by atoms with Crippen molar-refractivity contribution in [2.75, 3.05) is 0 Å². The minimum absolute atomic E-state index is 0.522. The van der Waals surface area contributed by atoms with E-state index in [9.17, 15) is 0 Å². The van der Waals surface area contributed by atoms with Crippen LogP contribution in [-0.2, 0) is 4.74 Å². The van der Waals surface area contributed by atoms with Gasteiger partial charge in [-0.25, -0.2) is 0 Å². The van der Waals surface area contributed by atoms with Gasteiger partial charge in [0.2, 0.25) is 0 Å². The van der Waals surface area contributed by atoms with Crippen LogP contribution in [0.25, 0.3) is 0 Å². The van der Waals surface area contributed by atoms with E-state index < -0.39 is 0 Å². The van der Waals surface area contributed by atoms with Crippen molar-refractivity contribution in [3.8, 4) is 0 Å². The van der Waals surface area contributed by atoms with Gasteiger partial charge in [-0.3, -0.25) is 0 Å². The maximum absolute atomic E-state index is 5.19. The lowest BCUT2D eigenvalue weighted by Crippen LogP contribution is -1.93. The third-order valence-corrected chi connectivity index (χ3v) is 1.57. The Hall–Kier alpha value is -0.300. The molecule has 2 aliphatic rings. The van der Waals surface area contributed by atoms with Crippen LogP contribution in [0.15, 0.2) is 12.2 Å². The summed E-state index contributed by atoms with van der Waals surface area (Å²) < 4.78 is 5.19. The van der Waals surface area contributed by atoms with Crippen LogP contribution in [0.5, 0.6) is 0 Å². The number of epoxide rings is 1. The molecule has 0 spiro atoms. The fourth-order valence-corrected chi connectivity index (χ4v) is 1.05. The van der Waals surface area contributed by atoms with Gasteiger partial charge in [-0.2, -0.15) is 0 Å². The van der Waals surface area contributed by atoms with E-state index in [-0.39, 0.29) is 0 Å². The number of fused-ring (bicyclic) bond motifs is 1. The lowest BCUT2D eigenvalue weighted by molar-refractivity contribution is 0.385. The summed E-state index contributed by atoms with van der Waals surface area (Å²) in [7, 11) is 0. The third-order valence-electron chi connectivity index (χ3n) is 1.57. The highest BCUT2D eigenvalue weighted by Crippen LogP contribution is 2.31. The van der Waals surface area contributed by atoms with E-state index in [1.807, 2.05) is 13.8 Å². The largest absolute Gasteiger partial charge is 0.365 e. The van der Waals surface area contributed by atoms with E-state index in [4.69, 9.17) is 4.74 Å². The molecule has 1 aliphatic heterocycles. The Bertz CT molecular complexity index is 107. The van der Waals surface area contributed by atoms with E-state index in [0.717, 1.165) is 0 Å². The van der Waals surface area contributed by atoms with Crippen molar-refractivity contribution in [2.24, 2.45) is 0 Å². The van der Waals surface area contributed by atoms with Crippen LogP contribution in [0.3, 0.4) is 0 Å². The molecule has 52 valence electrons. The molecule has 0 saturated carbocycles. The van der Waals surface area contributed by atoms with Crippen molar-refractivity contribution >= 4 is 0 Å². The van der Waals surface area contributed by atoms with Gasteiger partial charge in [-0.1, -0.05) is 26.0 Å². The summed E-state index contributed by atoms with van der Waals surface area (Å²) in [6.07, 6.45) is 7.98. The van der Waals surface area contributed by atoms with Crippen molar-refractivity contribution < 1.29 is 4.74 Å².